The molecular formula is C16H17F2N5O. The highest BCUT2D eigenvalue weighted by atomic mass is 19.1. The Morgan fingerprint density at radius 2 is 2.12 bits per heavy atom. The third-order valence-corrected chi connectivity index (χ3v) is 4.60. The second kappa shape index (κ2) is 5.92. The van der Waals surface area contributed by atoms with Gasteiger partial charge in [0.25, 0.3) is 5.91 Å². The van der Waals surface area contributed by atoms with E-state index < -0.39 is 17.5 Å². The Morgan fingerprint density at radius 1 is 1.29 bits per heavy atom. The highest BCUT2D eigenvalue weighted by Gasteiger charge is 2.33. The second-order valence-electron chi connectivity index (χ2n) is 6.42. The quantitative estimate of drug-likeness (QED) is 0.860. The van der Waals surface area contributed by atoms with E-state index in [-0.39, 0.29) is 11.7 Å². The van der Waals surface area contributed by atoms with Gasteiger partial charge in [0.2, 0.25) is 0 Å². The lowest BCUT2D eigenvalue weighted by atomic mass is 10.2. The molecule has 1 aliphatic carbocycles. The minimum Gasteiger partial charge on any atom is -0.332 e. The summed E-state index contributed by atoms with van der Waals surface area (Å²) in [4.78, 5) is 17.8. The van der Waals surface area contributed by atoms with Crippen molar-refractivity contribution in [3.05, 3.63) is 41.5 Å². The monoisotopic (exact) mass is 333 g/mol. The molecule has 0 bridgehead atoms. The summed E-state index contributed by atoms with van der Waals surface area (Å²) in [6, 6.07) is 0.600. The van der Waals surface area contributed by atoms with E-state index in [4.69, 9.17) is 0 Å². The fraction of sp³-hybridized carbons (Fsp3) is 0.500. The van der Waals surface area contributed by atoms with Crippen molar-refractivity contribution in [2.24, 2.45) is 0 Å². The van der Waals surface area contributed by atoms with Crippen molar-refractivity contribution < 1.29 is 13.6 Å². The Bertz CT molecular complexity index is 774. The fourth-order valence-corrected chi connectivity index (χ4v) is 3.19. The molecule has 126 valence electrons. The summed E-state index contributed by atoms with van der Waals surface area (Å²) in [6.45, 7) is 1.06. The highest BCUT2D eigenvalue weighted by Crippen LogP contribution is 2.38. The lowest BCUT2D eigenvalue weighted by molar-refractivity contribution is 0.0709. The molecule has 1 saturated carbocycles. The van der Waals surface area contributed by atoms with Gasteiger partial charge in [0, 0.05) is 24.7 Å². The van der Waals surface area contributed by atoms with E-state index in [0.717, 1.165) is 37.6 Å². The number of pyridine rings is 1. The molecule has 6 nitrogen and oxygen atoms in total. The zero-order valence-electron chi connectivity index (χ0n) is 13.0. The minimum atomic E-state index is -0.928. The molecule has 0 radical (unpaired) electrons. The number of hydrogen-bond donors (Lipinski definition) is 0. The van der Waals surface area contributed by atoms with Crippen molar-refractivity contribution in [1.82, 2.24) is 24.9 Å². The molecule has 2 aliphatic rings. The van der Waals surface area contributed by atoms with E-state index in [1.807, 2.05) is 6.20 Å². The van der Waals surface area contributed by atoms with Crippen LogP contribution in [0.25, 0.3) is 0 Å². The Hall–Kier alpha value is -2.38. The van der Waals surface area contributed by atoms with Gasteiger partial charge >= 0.3 is 0 Å². The van der Waals surface area contributed by atoms with Crippen molar-refractivity contribution in [3.8, 4) is 0 Å². The van der Waals surface area contributed by atoms with Gasteiger partial charge in [-0.1, -0.05) is 5.21 Å². The molecule has 0 N–H and O–H groups in total. The molecule has 1 amide bonds. The van der Waals surface area contributed by atoms with Gasteiger partial charge < -0.3 is 4.90 Å². The highest BCUT2D eigenvalue weighted by molar-refractivity contribution is 5.92. The first-order valence-electron chi connectivity index (χ1n) is 8.14. The van der Waals surface area contributed by atoms with Crippen molar-refractivity contribution in [2.75, 3.05) is 6.54 Å². The molecule has 2 aromatic rings. The first kappa shape index (κ1) is 15.2. The minimum absolute atomic E-state index is 0.0856. The van der Waals surface area contributed by atoms with Gasteiger partial charge in [-0.05, 0) is 25.7 Å². The van der Waals surface area contributed by atoms with E-state index in [1.54, 1.807) is 9.58 Å². The smallest absolute Gasteiger partial charge is 0.275 e. The molecule has 4 rings (SSSR count). The van der Waals surface area contributed by atoms with Crippen molar-refractivity contribution in [2.45, 2.75) is 44.2 Å². The Labute approximate surface area is 137 Å². The van der Waals surface area contributed by atoms with Gasteiger partial charge in [0.1, 0.15) is 5.82 Å². The van der Waals surface area contributed by atoms with Crippen LogP contribution >= 0.6 is 0 Å². The number of amides is 1. The van der Waals surface area contributed by atoms with Crippen LogP contribution in [0.1, 0.15) is 47.8 Å². The van der Waals surface area contributed by atoms with Crippen molar-refractivity contribution in [3.63, 3.8) is 0 Å². The summed E-state index contributed by atoms with van der Waals surface area (Å²) < 4.78 is 28.6. The Morgan fingerprint density at radius 3 is 2.88 bits per heavy atom. The molecule has 24 heavy (non-hydrogen) atoms. The summed E-state index contributed by atoms with van der Waals surface area (Å²) >= 11 is 0. The summed E-state index contributed by atoms with van der Waals surface area (Å²) in [5.41, 5.74) is 0.665. The lowest BCUT2D eigenvalue weighted by Gasteiger charge is -2.24. The van der Waals surface area contributed by atoms with Gasteiger partial charge in [-0.25, -0.2) is 13.8 Å². The number of hydrogen-bond acceptors (Lipinski definition) is 4. The zero-order valence-corrected chi connectivity index (χ0v) is 13.0. The SMILES string of the molecule is O=C(c1ncc(F)cc1F)N1CCC[C@H]1Cn1cc(C2CC2)nn1. The third-order valence-electron chi connectivity index (χ3n) is 4.60. The van der Waals surface area contributed by atoms with E-state index in [1.165, 1.54) is 0 Å². The number of carbonyl (C=O) groups excluding carboxylic acids is 1. The predicted octanol–water partition coefficient (Wildman–Crippen LogP) is 2.13. The summed E-state index contributed by atoms with van der Waals surface area (Å²) in [5, 5.41) is 8.29. The number of rotatable bonds is 4. The van der Waals surface area contributed by atoms with Crippen LogP contribution in [0.3, 0.4) is 0 Å². The maximum absolute atomic E-state index is 13.8. The van der Waals surface area contributed by atoms with Gasteiger partial charge in [-0.3, -0.25) is 9.48 Å². The lowest BCUT2D eigenvalue weighted by Crippen LogP contribution is -2.39. The topological polar surface area (TPSA) is 63.9 Å². The third kappa shape index (κ3) is 2.88. The fourth-order valence-electron chi connectivity index (χ4n) is 3.19. The van der Waals surface area contributed by atoms with Crippen LogP contribution in [0, 0.1) is 11.6 Å². The summed E-state index contributed by atoms with van der Waals surface area (Å²) in [5.74, 6) is -1.70. The number of nitrogens with zero attached hydrogens (tertiary/aromatic N) is 5. The molecule has 0 aromatic carbocycles. The van der Waals surface area contributed by atoms with Gasteiger partial charge in [0.05, 0.1) is 24.5 Å². The van der Waals surface area contributed by atoms with Crippen molar-refractivity contribution >= 4 is 5.91 Å². The molecule has 1 atom stereocenters. The Balaban J connectivity index is 1.49. The molecule has 0 unspecified atom stereocenters. The molecule has 1 aliphatic heterocycles. The standard InChI is InChI=1S/C16H17F2N5O/c17-11-6-13(18)15(19-7-11)16(24)23-5-1-2-12(23)8-22-9-14(20-21-22)10-3-4-10/h6-7,9-10,12H,1-5,8H2/t12-/m0/s1. The van der Waals surface area contributed by atoms with Crippen LogP contribution in [-0.2, 0) is 6.54 Å². The largest absolute Gasteiger partial charge is 0.332 e. The van der Waals surface area contributed by atoms with Gasteiger partial charge in [-0.15, -0.1) is 5.10 Å². The molecule has 2 fully saturated rings. The number of halogens is 2. The van der Waals surface area contributed by atoms with Crippen LogP contribution in [0.2, 0.25) is 0 Å². The van der Waals surface area contributed by atoms with E-state index in [2.05, 4.69) is 15.3 Å². The molecule has 8 heteroatoms. The van der Waals surface area contributed by atoms with E-state index in [9.17, 15) is 13.6 Å². The van der Waals surface area contributed by atoms with Gasteiger partial charge in [0.15, 0.2) is 11.5 Å². The van der Waals surface area contributed by atoms with Crippen molar-refractivity contribution in [1.29, 1.82) is 0 Å². The van der Waals surface area contributed by atoms with Crippen LogP contribution in [0.4, 0.5) is 8.78 Å². The number of likely N-dealkylation sites (tertiary alicyclic amines) is 1. The average molecular weight is 333 g/mol. The first-order valence-corrected chi connectivity index (χ1v) is 8.14. The number of carbonyl (C=O) groups is 1. The van der Waals surface area contributed by atoms with Crippen LogP contribution in [0.15, 0.2) is 18.5 Å². The number of aromatic nitrogens is 4. The maximum Gasteiger partial charge on any atom is 0.275 e. The molecular weight excluding hydrogens is 316 g/mol. The predicted molar refractivity (Wildman–Crippen MR) is 80.2 cm³/mol. The Kier molecular flexibility index (Phi) is 3.74. The zero-order chi connectivity index (χ0) is 16.7. The average Bonchev–Trinajstić information content (AvgIpc) is 3.12. The van der Waals surface area contributed by atoms with Crippen LogP contribution in [-0.4, -0.2) is 43.4 Å². The molecule has 3 heterocycles. The molecule has 0 spiro atoms. The van der Waals surface area contributed by atoms with Crippen LogP contribution < -0.4 is 0 Å². The first-order chi connectivity index (χ1) is 11.6. The van der Waals surface area contributed by atoms with Crippen LogP contribution in [0.5, 0.6) is 0 Å². The molecule has 2 aromatic heterocycles. The summed E-state index contributed by atoms with van der Waals surface area (Å²) in [7, 11) is 0. The van der Waals surface area contributed by atoms with E-state index in [0.29, 0.717) is 25.1 Å². The van der Waals surface area contributed by atoms with Gasteiger partial charge in [-0.2, -0.15) is 0 Å². The second-order valence-corrected chi connectivity index (χ2v) is 6.42. The van der Waals surface area contributed by atoms with E-state index >= 15 is 0 Å². The molecule has 1 saturated heterocycles. The normalized spacial score (nSPS) is 20.6. The summed E-state index contributed by atoms with van der Waals surface area (Å²) in [6.07, 6.45) is 6.75. The maximum atomic E-state index is 13.8.